The molecule has 2 fully saturated rings. The lowest BCUT2D eigenvalue weighted by Crippen LogP contribution is -2.54. The number of hydrogen-bond donors (Lipinski definition) is 1. The predicted molar refractivity (Wildman–Crippen MR) is 64.9 cm³/mol. The summed E-state index contributed by atoms with van der Waals surface area (Å²) in [5.41, 5.74) is 6.01. The monoisotopic (exact) mass is 224 g/mol. The van der Waals surface area contributed by atoms with Gasteiger partial charge in [0.2, 0.25) is 5.91 Å². The van der Waals surface area contributed by atoms with Gasteiger partial charge in [0.05, 0.1) is 5.41 Å². The molecular formula is C13H24N2O. The fraction of sp³-hybridized carbons (Fsp3) is 0.923. The fourth-order valence-corrected chi connectivity index (χ4v) is 2.76. The Morgan fingerprint density at radius 3 is 2.12 bits per heavy atom. The molecule has 3 heteroatoms. The summed E-state index contributed by atoms with van der Waals surface area (Å²) in [7, 11) is 0. The van der Waals surface area contributed by atoms with Gasteiger partial charge in [0.25, 0.3) is 0 Å². The highest BCUT2D eigenvalue weighted by atomic mass is 16.2. The summed E-state index contributed by atoms with van der Waals surface area (Å²) in [6.45, 7) is 6.96. The van der Waals surface area contributed by atoms with Crippen LogP contribution in [0.15, 0.2) is 0 Å². The van der Waals surface area contributed by atoms with Crippen LogP contribution in [0.2, 0.25) is 0 Å². The molecule has 0 aromatic carbocycles. The summed E-state index contributed by atoms with van der Waals surface area (Å²) in [5.74, 6) is 0.330. The molecule has 1 saturated heterocycles. The number of carbonyl (C=O) groups excluding carboxylic acids is 1. The number of likely N-dealkylation sites (tertiary alicyclic amines) is 1. The maximum absolute atomic E-state index is 12.4. The number of nitrogens with two attached hydrogens (primary N) is 1. The molecule has 0 aromatic rings. The second kappa shape index (κ2) is 4.02. The van der Waals surface area contributed by atoms with Crippen molar-refractivity contribution in [3.8, 4) is 0 Å². The molecule has 0 bridgehead atoms. The van der Waals surface area contributed by atoms with Gasteiger partial charge in [-0.15, -0.1) is 0 Å². The minimum Gasteiger partial charge on any atom is -0.342 e. The highest BCUT2D eigenvalue weighted by molar-refractivity contribution is 5.84. The van der Waals surface area contributed by atoms with E-state index in [1.807, 2.05) is 0 Å². The topological polar surface area (TPSA) is 46.3 Å². The Morgan fingerprint density at radius 1 is 1.19 bits per heavy atom. The van der Waals surface area contributed by atoms with Gasteiger partial charge < -0.3 is 10.6 Å². The van der Waals surface area contributed by atoms with Crippen molar-refractivity contribution in [1.29, 1.82) is 0 Å². The standard InChI is InChI=1S/C13H24N2O/c1-12(2)6-8-15(9-7-12)11(16)13(10-14)4-3-5-13/h3-10,14H2,1-2H3. The zero-order valence-electron chi connectivity index (χ0n) is 10.6. The summed E-state index contributed by atoms with van der Waals surface area (Å²) in [4.78, 5) is 14.4. The molecule has 1 aliphatic carbocycles. The van der Waals surface area contributed by atoms with Gasteiger partial charge in [-0.05, 0) is 31.1 Å². The molecule has 1 amide bonds. The Kier molecular flexibility index (Phi) is 2.99. The van der Waals surface area contributed by atoms with Crippen molar-refractivity contribution in [2.24, 2.45) is 16.6 Å². The molecule has 3 nitrogen and oxygen atoms in total. The molecule has 0 spiro atoms. The SMILES string of the molecule is CC1(C)CCN(C(=O)C2(CN)CCC2)CC1. The van der Waals surface area contributed by atoms with Gasteiger partial charge in [0.15, 0.2) is 0 Å². The number of rotatable bonds is 2. The average molecular weight is 224 g/mol. The molecule has 1 aliphatic heterocycles. The number of hydrogen-bond acceptors (Lipinski definition) is 2. The number of carbonyl (C=O) groups is 1. The molecular weight excluding hydrogens is 200 g/mol. The Labute approximate surface area is 98.4 Å². The van der Waals surface area contributed by atoms with Gasteiger partial charge in [-0.1, -0.05) is 20.3 Å². The van der Waals surface area contributed by atoms with Crippen LogP contribution in [0.4, 0.5) is 0 Å². The van der Waals surface area contributed by atoms with E-state index in [4.69, 9.17) is 5.73 Å². The highest BCUT2D eigenvalue weighted by Crippen LogP contribution is 2.42. The molecule has 0 atom stereocenters. The minimum atomic E-state index is -0.179. The third-order valence-electron chi connectivity index (χ3n) is 4.56. The molecule has 0 radical (unpaired) electrons. The van der Waals surface area contributed by atoms with E-state index in [0.717, 1.165) is 38.8 Å². The number of piperidine rings is 1. The third kappa shape index (κ3) is 1.97. The first-order valence-corrected chi connectivity index (χ1v) is 6.49. The van der Waals surface area contributed by atoms with E-state index in [0.29, 0.717) is 17.9 Å². The molecule has 2 N–H and O–H groups in total. The molecule has 2 rings (SSSR count). The Balaban J connectivity index is 1.96. The largest absolute Gasteiger partial charge is 0.342 e. The molecule has 0 unspecified atom stereocenters. The number of amides is 1. The lowest BCUT2D eigenvalue weighted by atomic mass is 9.67. The minimum absolute atomic E-state index is 0.179. The molecule has 1 heterocycles. The van der Waals surface area contributed by atoms with Crippen LogP contribution < -0.4 is 5.73 Å². The van der Waals surface area contributed by atoms with Crippen LogP contribution in [0.25, 0.3) is 0 Å². The Hall–Kier alpha value is -0.570. The van der Waals surface area contributed by atoms with Crippen molar-refractivity contribution in [2.45, 2.75) is 46.0 Å². The lowest BCUT2D eigenvalue weighted by Gasteiger charge is -2.46. The second-order valence-electron chi connectivity index (χ2n) is 6.29. The van der Waals surface area contributed by atoms with Crippen molar-refractivity contribution in [3.63, 3.8) is 0 Å². The molecule has 0 aromatic heterocycles. The quantitative estimate of drug-likeness (QED) is 0.777. The highest BCUT2D eigenvalue weighted by Gasteiger charge is 2.45. The van der Waals surface area contributed by atoms with Gasteiger partial charge in [-0.25, -0.2) is 0 Å². The van der Waals surface area contributed by atoms with E-state index in [2.05, 4.69) is 18.7 Å². The molecule has 92 valence electrons. The Morgan fingerprint density at radius 2 is 1.75 bits per heavy atom. The number of nitrogens with zero attached hydrogens (tertiary/aromatic N) is 1. The van der Waals surface area contributed by atoms with Crippen LogP contribution in [0.1, 0.15) is 46.0 Å². The molecule has 2 aliphatic rings. The van der Waals surface area contributed by atoms with Crippen LogP contribution in [-0.2, 0) is 4.79 Å². The summed E-state index contributed by atoms with van der Waals surface area (Å²) < 4.78 is 0. The first-order chi connectivity index (χ1) is 7.49. The van der Waals surface area contributed by atoms with Crippen molar-refractivity contribution in [1.82, 2.24) is 4.90 Å². The van der Waals surface area contributed by atoms with Crippen LogP contribution in [-0.4, -0.2) is 30.4 Å². The van der Waals surface area contributed by atoms with E-state index in [9.17, 15) is 4.79 Å². The zero-order chi connectivity index (χ0) is 11.8. The van der Waals surface area contributed by atoms with E-state index in [1.165, 1.54) is 6.42 Å². The first kappa shape index (κ1) is 11.9. The molecule has 16 heavy (non-hydrogen) atoms. The molecule has 1 saturated carbocycles. The average Bonchev–Trinajstić information content (AvgIpc) is 2.16. The van der Waals surface area contributed by atoms with E-state index in [-0.39, 0.29) is 5.41 Å². The third-order valence-corrected chi connectivity index (χ3v) is 4.56. The van der Waals surface area contributed by atoms with Crippen molar-refractivity contribution >= 4 is 5.91 Å². The summed E-state index contributed by atoms with van der Waals surface area (Å²) >= 11 is 0. The van der Waals surface area contributed by atoms with E-state index < -0.39 is 0 Å². The summed E-state index contributed by atoms with van der Waals surface area (Å²) in [5, 5.41) is 0. The van der Waals surface area contributed by atoms with Gasteiger partial charge in [0.1, 0.15) is 0 Å². The Bertz CT molecular complexity index is 266. The first-order valence-electron chi connectivity index (χ1n) is 6.49. The van der Waals surface area contributed by atoms with Crippen molar-refractivity contribution in [3.05, 3.63) is 0 Å². The van der Waals surface area contributed by atoms with Gasteiger partial charge in [0, 0.05) is 19.6 Å². The smallest absolute Gasteiger partial charge is 0.230 e. The summed E-state index contributed by atoms with van der Waals surface area (Å²) in [6.07, 6.45) is 5.42. The van der Waals surface area contributed by atoms with Crippen LogP contribution in [0.5, 0.6) is 0 Å². The van der Waals surface area contributed by atoms with Crippen molar-refractivity contribution in [2.75, 3.05) is 19.6 Å². The van der Waals surface area contributed by atoms with Gasteiger partial charge >= 0.3 is 0 Å². The summed E-state index contributed by atoms with van der Waals surface area (Å²) in [6, 6.07) is 0. The van der Waals surface area contributed by atoms with Gasteiger partial charge in [-0.2, -0.15) is 0 Å². The lowest BCUT2D eigenvalue weighted by molar-refractivity contribution is -0.148. The normalized spacial score (nSPS) is 27.3. The predicted octanol–water partition coefficient (Wildman–Crippen LogP) is 1.76. The van der Waals surface area contributed by atoms with E-state index in [1.54, 1.807) is 0 Å². The van der Waals surface area contributed by atoms with Crippen LogP contribution in [0, 0.1) is 10.8 Å². The van der Waals surface area contributed by atoms with E-state index >= 15 is 0 Å². The van der Waals surface area contributed by atoms with Crippen molar-refractivity contribution < 1.29 is 4.79 Å². The maximum Gasteiger partial charge on any atom is 0.230 e. The van der Waals surface area contributed by atoms with Crippen LogP contribution >= 0.6 is 0 Å². The fourth-order valence-electron chi connectivity index (χ4n) is 2.76. The second-order valence-corrected chi connectivity index (χ2v) is 6.29. The van der Waals surface area contributed by atoms with Crippen LogP contribution in [0.3, 0.4) is 0 Å². The maximum atomic E-state index is 12.4. The zero-order valence-corrected chi connectivity index (χ0v) is 10.6. The van der Waals surface area contributed by atoms with Gasteiger partial charge in [-0.3, -0.25) is 4.79 Å².